The van der Waals surface area contributed by atoms with Crippen molar-refractivity contribution in [3.05, 3.63) is 72.3 Å². The van der Waals surface area contributed by atoms with Gasteiger partial charge in [0.15, 0.2) is 0 Å². The largest absolute Gasteiger partial charge is 0.329 e. The maximum atomic E-state index is 13.9. The minimum Gasteiger partial charge on any atom is -0.329 e. The highest BCUT2D eigenvalue weighted by atomic mass is 32.2. The lowest BCUT2D eigenvalue weighted by Crippen LogP contribution is -2.34. The molecule has 0 spiro atoms. The van der Waals surface area contributed by atoms with Gasteiger partial charge in [0, 0.05) is 12.1 Å². The molecule has 1 heterocycles. The molecule has 3 N–H and O–H groups in total. The molecule has 1 unspecified atom stereocenters. The second-order valence-electron chi connectivity index (χ2n) is 5.27. The van der Waals surface area contributed by atoms with E-state index in [1.807, 2.05) is 0 Å². The number of hydrogen-bond donors (Lipinski definition) is 2. The van der Waals surface area contributed by atoms with Crippen molar-refractivity contribution >= 4 is 10.0 Å². The standard InChI is InChI=1S/C16H16FN5O2S/c17-15-4-2-1-3-14(15)16(11-18)20-25(23,24)13-7-5-12(6-8-13)22-10-9-19-21-22/h1-10,16,20H,11,18H2. The van der Waals surface area contributed by atoms with E-state index in [0.29, 0.717) is 5.69 Å². The van der Waals surface area contributed by atoms with Crippen LogP contribution in [0.1, 0.15) is 11.6 Å². The smallest absolute Gasteiger partial charge is 0.241 e. The number of nitrogens with zero attached hydrogens (tertiary/aromatic N) is 3. The zero-order valence-corrected chi connectivity index (χ0v) is 13.9. The van der Waals surface area contributed by atoms with Gasteiger partial charge < -0.3 is 5.73 Å². The summed E-state index contributed by atoms with van der Waals surface area (Å²) in [4.78, 5) is 0.0474. The first-order chi connectivity index (χ1) is 12.0. The Morgan fingerprint density at radius 3 is 2.48 bits per heavy atom. The zero-order chi connectivity index (χ0) is 17.9. The fourth-order valence-corrected chi connectivity index (χ4v) is 3.60. The highest BCUT2D eigenvalue weighted by Crippen LogP contribution is 2.20. The van der Waals surface area contributed by atoms with E-state index in [4.69, 9.17) is 5.73 Å². The van der Waals surface area contributed by atoms with Gasteiger partial charge in [0.25, 0.3) is 0 Å². The van der Waals surface area contributed by atoms with Crippen molar-refractivity contribution in [3.63, 3.8) is 0 Å². The molecule has 7 nitrogen and oxygen atoms in total. The summed E-state index contributed by atoms with van der Waals surface area (Å²) >= 11 is 0. The molecule has 0 saturated heterocycles. The van der Waals surface area contributed by atoms with E-state index in [9.17, 15) is 12.8 Å². The van der Waals surface area contributed by atoms with Crippen LogP contribution in [0.5, 0.6) is 0 Å². The van der Waals surface area contributed by atoms with Gasteiger partial charge in [-0.05, 0) is 30.3 Å². The number of sulfonamides is 1. The highest BCUT2D eigenvalue weighted by molar-refractivity contribution is 7.89. The van der Waals surface area contributed by atoms with Gasteiger partial charge in [-0.25, -0.2) is 22.2 Å². The van der Waals surface area contributed by atoms with Gasteiger partial charge in [-0.2, -0.15) is 0 Å². The maximum absolute atomic E-state index is 13.9. The molecule has 1 atom stereocenters. The molecular weight excluding hydrogens is 345 g/mol. The van der Waals surface area contributed by atoms with Crippen molar-refractivity contribution in [1.82, 2.24) is 19.7 Å². The van der Waals surface area contributed by atoms with Gasteiger partial charge in [-0.15, -0.1) is 5.10 Å². The number of benzene rings is 2. The Labute approximate surface area is 144 Å². The molecule has 0 bridgehead atoms. The van der Waals surface area contributed by atoms with Crippen LogP contribution in [0, 0.1) is 5.82 Å². The molecular formula is C16H16FN5O2S. The van der Waals surface area contributed by atoms with E-state index in [1.54, 1.807) is 24.4 Å². The summed E-state index contributed by atoms with van der Waals surface area (Å²) in [5.41, 5.74) is 6.50. The third-order valence-corrected chi connectivity index (χ3v) is 5.14. The summed E-state index contributed by atoms with van der Waals surface area (Å²) in [6.45, 7) is -0.0722. The summed E-state index contributed by atoms with van der Waals surface area (Å²) in [7, 11) is -3.86. The van der Waals surface area contributed by atoms with Crippen molar-refractivity contribution < 1.29 is 12.8 Å². The lowest BCUT2D eigenvalue weighted by molar-refractivity contribution is 0.538. The van der Waals surface area contributed by atoms with E-state index in [2.05, 4.69) is 15.0 Å². The maximum Gasteiger partial charge on any atom is 0.241 e. The monoisotopic (exact) mass is 361 g/mol. The SMILES string of the molecule is NCC(NS(=O)(=O)c1ccc(-n2ccnn2)cc1)c1ccccc1F. The predicted octanol–water partition coefficient (Wildman–Crippen LogP) is 1.38. The van der Waals surface area contributed by atoms with Crippen LogP contribution in [0.3, 0.4) is 0 Å². The van der Waals surface area contributed by atoms with Gasteiger partial charge in [-0.3, -0.25) is 0 Å². The lowest BCUT2D eigenvalue weighted by Gasteiger charge is -2.18. The van der Waals surface area contributed by atoms with Crippen molar-refractivity contribution in [2.75, 3.05) is 6.54 Å². The van der Waals surface area contributed by atoms with E-state index < -0.39 is 21.9 Å². The van der Waals surface area contributed by atoms with Crippen molar-refractivity contribution in [1.29, 1.82) is 0 Å². The van der Waals surface area contributed by atoms with Crippen LogP contribution in [0.2, 0.25) is 0 Å². The Hall–Kier alpha value is -2.62. The topological polar surface area (TPSA) is 103 Å². The zero-order valence-electron chi connectivity index (χ0n) is 13.1. The summed E-state index contributed by atoms with van der Waals surface area (Å²) in [6, 6.07) is 11.1. The molecule has 0 amide bonds. The molecule has 25 heavy (non-hydrogen) atoms. The van der Waals surface area contributed by atoms with Crippen molar-refractivity contribution in [2.24, 2.45) is 5.73 Å². The quantitative estimate of drug-likeness (QED) is 0.690. The fourth-order valence-electron chi connectivity index (χ4n) is 2.38. The Bertz CT molecular complexity index is 943. The lowest BCUT2D eigenvalue weighted by atomic mass is 10.1. The summed E-state index contributed by atoms with van der Waals surface area (Å²) < 4.78 is 43.0. The van der Waals surface area contributed by atoms with Gasteiger partial charge >= 0.3 is 0 Å². The first-order valence-electron chi connectivity index (χ1n) is 7.45. The number of aromatic nitrogens is 3. The van der Waals surface area contributed by atoms with Crippen molar-refractivity contribution in [2.45, 2.75) is 10.9 Å². The molecule has 2 aromatic carbocycles. The van der Waals surface area contributed by atoms with Crippen LogP contribution < -0.4 is 10.5 Å². The molecule has 0 aliphatic heterocycles. The number of halogens is 1. The van der Waals surface area contributed by atoms with Gasteiger partial charge in [0.1, 0.15) is 5.82 Å². The van der Waals surface area contributed by atoms with E-state index >= 15 is 0 Å². The minimum absolute atomic E-state index is 0.0474. The van der Waals surface area contributed by atoms with Crippen LogP contribution in [0.15, 0.2) is 65.8 Å². The molecule has 130 valence electrons. The normalized spacial score (nSPS) is 12.9. The van der Waals surface area contributed by atoms with E-state index in [1.165, 1.54) is 41.2 Å². The summed E-state index contributed by atoms with van der Waals surface area (Å²) in [6.07, 6.45) is 3.16. The molecule has 1 aromatic heterocycles. The van der Waals surface area contributed by atoms with Crippen LogP contribution in [0.25, 0.3) is 5.69 Å². The van der Waals surface area contributed by atoms with Crippen LogP contribution in [0.4, 0.5) is 4.39 Å². The number of nitrogens with one attached hydrogen (secondary N) is 1. The van der Waals surface area contributed by atoms with Crippen molar-refractivity contribution in [3.8, 4) is 5.69 Å². The second kappa shape index (κ2) is 7.09. The summed E-state index contributed by atoms with van der Waals surface area (Å²) in [5.74, 6) is -0.512. The molecule has 0 aliphatic rings. The highest BCUT2D eigenvalue weighted by Gasteiger charge is 2.22. The molecule has 0 aliphatic carbocycles. The predicted molar refractivity (Wildman–Crippen MR) is 89.9 cm³/mol. The molecule has 3 rings (SSSR count). The Balaban J connectivity index is 1.84. The second-order valence-corrected chi connectivity index (χ2v) is 6.99. The van der Waals surface area contributed by atoms with Crippen LogP contribution >= 0.6 is 0 Å². The molecule has 3 aromatic rings. The Morgan fingerprint density at radius 2 is 1.88 bits per heavy atom. The number of hydrogen-bond acceptors (Lipinski definition) is 5. The molecule has 0 fully saturated rings. The van der Waals surface area contributed by atoms with Crippen LogP contribution in [-0.2, 0) is 10.0 Å². The number of nitrogens with two attached hydrogens (primary N) is 1. The van der Waals surface area contributed by atoms with Crippen LogP contribution in [-0.4, -0.2) is 30.0 Å². The Kier molecular flexibility index (Phi) is 4.88. The minimum atomic E-state index is -3.86. The number of rotatable bonds is 6. The first kappa shape index (κ1) is 17.2. The Morgan fingerprint density at radius 1 is 1.16 bits per heavy atom. The van der Waals surface area contributed by atoms with Gasteiger partial charge in [-0.1, -0.05) is 23.4 Å². The first-order valence-corrected chi connectivity index (χ1v) is 8.93. The summed E-state index contributed by atoms with van der Waals surface area (Å²) in [5, 5.41) is 7.53. The third-order valence-electron chi connectivity index (χ3n) is 3.65. The average molecular weight is 361 g/mol. The van der Waals surface area contributed by atoms with Gasteiger partial charge in [0.05, 0.1) is 29.0 Å². The fraction of sp³-hybridized carbons (Fsp3) is 0.125. The van der Waals surface area contributed by atoms with E-state index in [-0.39, 0.29) is 17.0 Å². The molecule has 9 heteroatoms. The molecule has 0 radical (unpaired) electrons. The average Bonchev–Trinajstić information content (AvgIpc) is 3.15. The third kappa shape index (κ3) is 3.73. The van der Waals surface area contributed by atoms with Gasteiger partial charge in [0.2, 0.25) is 10.0 Å². The van der Waals surface area contributed by atoms with E-state index in [0.717, 1.165) is 0 Å². The molecule has 0 saturated carbocycles.